The van der Waals surface area contributed by atoms with E-state index in [0.717, 1.165) is 0 Å². The summed E-state index contributed by atoms with van der Waals surface area (Å²) in [5, 5.41) is 0. The predicted molar refractivity (Wildman–Crippen MR) is 82.6 cm³/mol. The van der Waals surface area contributed by atoms with Crippen molar-refractivity contribution in [3.63, 3.8) is 0 Å². The van der Waals surface area contributed by atoms with Gasteiger partial charge >= 0.3 is 154 Å². The van der Waals surface area contributed by atoms with E-state index in [-0.39, 0.29) is 0 Å². The topological polar surface area (TPSA) is 0 Å². The Bertz CT molecular complexity index is 127. The normalized spacial score (nSPS) is 13.7. The Balaban J connectivity index is 4.26. The third-order valence-electron chi connectivity index (χ3n) is 0.953. The van der Waals surface area contributed by atoms with Crippen LogP contribution >= 0.6 is 90.4 Å². The van der Waals surface area contributed by atoms with E-state index in [2.05, 4.69) is 90.4 Å². The molecule has 0 radical (unpaired) electrons. The molecule has 76 valence electrons. The van der Waals surface area contributed by atoms with Crippen molar-refractivity contribution in [2.45, 2.75) is 0 Å². The molecule has 0 heterocycles. The number of rotatable bonds is 6. The Morgan fingerprint density at radius 2 is 1.08 bits per heavy atom. The summed E-state index contributed by atoms with van der Waals surface area (Å²) in [5.74, 6) is 0. The van der Waals surface area contributed by atoms with Gasteiger partial charge in [-0.05, 0) is 0 Å². The summed E-state index contributed by atoms with van der Waals surface area (Å²) in [6.07, 6.45) is 0. The maximum absolute atomic E-state index is 2.53. The second-order valence-electron chi connectivity index (χ2n) is 1.55. The Morgan fingerprint density at radius 1 is 0.750 bits per heavy atom. The predicted octanol–water partition coefficient (Wildman–Crippen LogP) is -1.97. The van der Waals surface area contributed by atoms with E-state index in [1.165, 1.54) is 13.7 Å². The molecule has 0 nitrogen and oxygen atoms in total. The van der Waals surface area contributed by atoms with Crippen LogP contribution in [0.3, 0.4) is 0 Å². The molecule has 0 saturated heterocycles. The van der Waals surface area contributed by atoms with Gasteiger partial charge in [-0.2, -0.15) is 0 Å². The number of hydrogen-bond donors (Lipinski definition) is 0. The molecule has 0 saturated carbocycles. The van der Waals surface area contributed by atoms with Crippen LogP contribution in [0.1, 0.15) is 0 Å². The van der Waals surface area contributed by atoms with Gasteiger partial charge in [0.25, 0.3) is 0 Å². The van der Waals surface area contributed by atoms with Crippen LogP contribution in [0.2, 0.25) is 0 Å². The first-order valence-corrected chi connectivity index (χ1v) is 14.2. The molecule has 0 bridgehead atoms. The zero-order valence-corrected chi connectivity index (χ0v) is 19.0. The summed E-state index contributed by atoms with van der Waals surface area (Å²) in [6.45, 7) is 0. The van der Waals surface area contributed by atoms with Gasteiger partial charge in [-0.3, -0.25) is 0 Å². The summed E-state index contributed by atoms with van der Waals surface area (Å²) in [6, 6.07) is 0. The molecule has 0 aromatic heterocycles. The summed E-state index contributed by atoms with van der Waals surface area (Å²) in [5.41, 5.74) is 0. The third-order valence-corrected chi connectivity index (χ3v) is 14.8. The van der Waals surface area contributed by atoms with Crippen molar-refractivity contribution < 1.29 is 42.4 Å². The van der Waals surface area contributed by atoms with E-state index < -0.39 is 0 Å². The fraction of sp³-hybridized carbons (Fsp3) is 0.667. The summed E-state index contributed by atoms with van der Waals surface area (Å²) in [7, 11) is 0. The van der Waals surface area contributed by atoms with Crippen LogP contribution in [0, 0.1) is 0 Å². The number of hydrogen-bond acceptors (Lipinski definition) is 0. The SMILES string of the molecule is IC[I-]/C(CI)=C(\CI)[I-]CI. The van der Waals surface area contributed by atoms with E-state index in [0.29, 0.717) is 42.4 Å². The van der Waals surface area contributed by atoms with E-state index in [1.54, 1.807) is 0 Å². The van der Waals surface area contributed by atoms with Crippen molar-refractivity contribution in [2.24, 2.45) is 0 Å². The first-order chi connectivity index (χ1) is 5.79. The van der Waals surface area contributed by atoms with Crippen LogP contribution in [0.25, 0.3) is 0 Å². The zero-order valence-electron chi connectivity index (χ0n) is 6.10. The Kier molecular flexibility index (Phi) is 15.6. The fourth-order valence-electron chi connectivity index (χ4n) is 0.483. The van der Waals surface area contributed by atoms with Crippen molar-refractivity contribution in [3.8, 4) is 0 Å². The average molecular weight is 842 g/mol. The Labute approximate surface area is 150 Å². The van der Waals surface area contributed by atoms with Gasteiger partial charge in [0.2, 0.25) is 0 Å². The molecule has 0 fully saturated rings. The summed E-state index contributed by atoms with van der Waals surface area (Å²) < 4.78 is 9.07. The van der Waals surface area contributed by atoms with Gasteiger partial charge in [-0.1, -0.05) is 0 Å². The second kappa shape index (κ2) is 11.6. The van der Waals surface area contributed by atoms with E-state index in [1.807, 2.05) is 7.16 Å². The van der Waals surface area contributed by atoms with Crippen LogP contribution in [0.5, 0.6) is 0 Å². The molecule has 0 N–H and O–H groups in total. The molecule has 12 heavy (non-hydrogen) atoms. The van der Waals surface area contributed by atoms with Crippen LogP contribution in [-0.4, -0.2) is 13.7 Å². The summed E-state index contributed by atoms with van der Waals surface area (Å²) >= 11 is 10.9. The third kappa shape index (κ3) is 7.40. The van der Waals surface area contributed by atoms with Crippen LogP contribution in [-0.2, 0) is 0 Å². The minimum absolute atomic E-state index is 0.381. The zero-order chi connectivity index (χ0) is 9.40. The average Bonchev–Trinajstić information content (AvgIpc) is 2.11. The molecule has 0 aliphatic rings. The number of alkyl halides is 6. The molecule has 0 aromatic rings. The molecule has 0 rings (SSSR count). The monoisotopic (exact) mass is 841 g/mol. The van der Waals surface area contributed by atoms with Gasteiger partial charge in [0.1, 0.15) is 0 Å². The van der Waals surface area contributed by atoms with Gasteiger partial charge in [0, 0.05) is 0 Å². The molecule has 0 atom stereocenters. The van der Waals surface area contributed by atoms with E-state index in [4.69, 9.17) is 0 Å². The number of halogens is 6. The van der Waals surface area contributed by atoms with E-state index in [9.17, 15) is 0 Å². The van der Waals surface area contributed by atoms with Gasteiger partial charge in [0.05, 0.1) is 0 Å². The molecular weight excluding hydrogens is 833 g/mol. The van der Waals surface area contributed by atoms with Crippen LogP contribution < -0.4 is 42.4 Å². The van der Waals surface area contributed by atoms with Crippen molar-refractivity contribution in [3.05, 3.63) is 7.16 Å². The van der Waals surface area contributed by atoms with Crippen molar-refractivity contribution >= 4 is 90.4 Å². The van der Waals surface area contributed by atoms with Gasteiger partial charge in [0.15, 0.2) is 0 Å². The molecular formula is C6H8I6-2. The summed E-state index contributed by atoms with van der Waals surface area (Å²) in [4.78, 5) is 0. The van der Waals surface area contributed by atoms with E-state index >= 15 is 0 Å². The first-order valence-electron chi connectivity index (χ1n) is 2.94. The fourth-order valence-corrected chi connectivity index (χ4v) is 14.5. The Morgan fingerprint density at radius 3 is 1.25 bits per heavy atom. The molecule has 0 aliphatic heterocycles. The van der Waals surface area contributed by atoms with Crippen LogP contribution in [0.15, 0.2) is 7.16 Å². The van der Waals surface area contributed by atoms with Gasteiger partial charge < -0.3 is 0 Å². The molecule has 0 amide bonds. The molecule has 0 aliphatic carbocycles. The second-order valence-corrected chi connectivity index (χ2v) is 16.1. The van der Waals surface area contributed by atoms with Crippen LogP contribution in [0.4, 0.5) is 0 Å². The van der Waals surface area contributed by atoms with Crippen molar-refractivity contribution in [1.82, 2.24) is 0 Å². The van der Waals surface area contributed by atoms with Crippen molar-refractivity contribution in [1.29, 1.82) is 0 Å². The van der Waals surface area contributed by atoms with Crippen molar-refractivity contribution in [2.75, 3.05) is 13.7 Å². The first kappa shape index (κ1) is 16.1. The van der Waals surface area contributed by atoms with Gasteiger partial charge in [-0.15, -0.1) is 0 Å². The molecule has 0 spiro atoms. The molecule has 0 aromatic carbocycles. The standard InChI is InChI=1S/C6H8I6/c7-1-5(11-3-9)6(2-8)12-4-10/h1-4H2/q-2/b6-5+. The molecule has 6 heteroatoms. The minimum atomic E-state index is 0.381. The number of allylic oxidation sites excluding steroid dienone is 2. The molecule has 0 unspecified atom stereocenters. The quantitative estimate of drug-likeness (QED) is 0.216. The maximum atomic E-state index is 2.53. The van der Waals surface area contributed by atoms with Gasteiger partial charge in [-0.25, -0.2) is 0 Å². The Hall–Kier alpha value is 4.12.